The Kier molecular flexibility index (Phi) is 7.29. The van der Waals surface area contributed by atoms with Crippen molar-refractivity contribution in [1.29, 1.82) is 0 Å². The summed E-state index contributed by atoms with van der Waals surface area (Å²) in [6, 6.07) is 10.0. The van der Waals surface area contributed by atoms with E-state index in [-0.39, 0.29) is 12.0 Å². The van der Waals surface area contributed by atoms with Gasteiger partial charge < -0.3 is 14.7 Å². The Labute approximate surface area is 194 Å². The summed E-state index contributed by atoms with van der Waals surface area (Å²) in [5.74, 6) is 0.260. The predicted molar refractivity (Wildman–Crippen MR) is 128 cm³/mol. The minimum absolute atomic E-state index is 0.133. The second-order valence-electron chi connectivity index (χ2n) is 9.18. The Morgan fingerprint density at radius 3 is 2.50 bits per heavy atom. The maximum atomic E-state index is 12.5. The first-order valence-corrected chi connectivity index (χ1v) is 12.7. The Bertz CT molecular complexity index is 902. The first-order valence-electron chi connectivity index (χ1n) is 11.8. The van der Waals surface area contributed by atoms with Crippen molar-refractivity contribution in [1.82, 2.24) is 4.90 Å². The van der Waals surface area contributed by atoms with E-state index in [1.54, 1.807) is 4.90 Å². The fraction of sp³-hybridized carbons (Fsp3) is 0.538. The molecule has 1 N–H and O–H groups in total. The molecule has 2 unspecified atom stereocenters. The van der Waals surface area contributed by atoms with Crippen LogP contribution in [0.1, 0.15) is 51.5 Å². The maximum absolute atomic E-state index is 12.5. The van der Waals surface area contributed by atoms with Gasteiger partial charge in [0.25, 0.3) is 0 Å². The first kappa shape index (κ1) is 23.0. The zero-order valence-corrected chi connectivity index (χ0v) is 19.8. The molecule has 2 atom stereocenters. The monoisotopic (exact) mass is 455 g/mol. The third kappa shape index (κ3) is 4.90. The minimum atomic E-state index is -0.765. The van der Waals surface area contributed by atoms with Crippen LogP contribution in [-0.4, -0.2) is 47.0 Å². The molecule has 1 aliphatic carbocycles. The van der Waals surface area contributed by atoms with Crippen LogP contribution in [0.25, 0.3) is 4.91 Å². The molecule has 1 amide bonds. The first-order chi connectivity index (χ1) is 15.5. The lowest BCUT2D eigenvalue weighted by Gasteiger charge is -2.38. The van der Waals surface area contributed by atoms with Crippen molar-refractivity contribution in [2.45, 2.75) is 51.2 Å². The zero-order valence-electron chi connectivity index (χ0n) is 19.0. The van der Waals surface area contributed by atoms with E-state index in [0.29, 0.717) is 32.0 Å². The molecule has 32 heavy (non-hydrogen) atoms. The van der Waals surface area contributed by atoms with Gasteiger partial charge in [0.2, 0.25) is 0 Å². The molecule has 0 radical (unpaired) electrons. The highest BCUT2D eigenvalue weighted by Gasteiger charge is 2.40. The number of ether oxygens (including phenoxy) is 1. The summed E-state index contributed by atoms with van der Waals surface area (Å²) in [5.41, 5.74) is 3.61. The van der Waals surface area contributed by atoms with Crippen LogP contribution in [0.15, 0.2) is 47.6 Å². The number of allylic oxidation sites excluding steroid dienone is 1. The Morgan fingerprint density at radius 1 is 1.12 bits per heavy atom. The molecule has 5 nitrogen and oxygen atoms in total. The van der Waals surface area contributed by atoms with E-state index in [1.165, 1.54) is 35.7 Å². The third-order valence-electron chi connectivity index (χ3n) is 7.07. The smallest absolute Gasteiger partial charge is 0.410 e. The summed E-state index contributed by atoms with van der Waals surface area (Å²) in [4.78, 5) is 27.6. The van der Waals surface area contributed by atoms with Crippen LogP contribution >= 0.6 is 11.8 Å². The van der Waals surface area contributed by atoms with E-state index in [2.05, 4.69) is 13.0 Å². The van der Waals surface area contributed by atoms with Gasteiger partial charge >= 0.3 is 12.1 Å². The summed E-state index contributed by atoms with van der Waals surface area (Å²) in [6.07, 6.45) is 7.23. The van der Waals surface area contributed by atoms with E-state index in [4.69, 9.17) is 4.74 Å². The van der Waals surface area contributed by atoms with Gasteiger partial charge in [0.15, 0.2) is 0 Å². The maximum Gasteiger partial charge on any atom is 0.410 e. The van der Waals surface area contributed by atoms with Crippen molar-refractivity contribution in [3.8, 4) is 0 Å². The van der Waals surface area contributed by atoms with Gasteiger partial charge in [0.05, 0.1) is 6.61 Å². The Morgan fingerprint density at radius 2 is 1.84 bits per heavy atom. The van der Waals surface area contributed by atoms with E-state index in [1.807, 2.05) is 37.3 Å². The topological polar surface area (TPSA) is 66.8 Å². The lowest BCUT2D eigenvalue weighted by Crippen LogP contribution is -2.41. The molecule has 1 aromatic carbocycles. The van der Waals surface area contributed by atoms with Gasteiger partial charge in [0, 0.05) is 23.9 Å². The number of aliphatic carboxylic acids is 1. The highest BCUT2D eigenvalue weighted by molar-refractivity contribution is 8.09. The highest BCUT2D eigenvalue weighted by atomic mass is 32.2. The van der Waals surface area contributed by atoms with Gasteiger partial charge in [0.1, 0.15) is 5.25 Å². The molecule has 0 aromatic heterocycles. The van der Waals surface area contributed by atoms with Crippen molar-refractivity contribution in [3.63, 3.8) is 0 Å². The van der Waals surface area contributed by atoms with Gasteiger partial charge in [-0.1, -0.05) is 61.7 Å². The number of carboxylic acids is 1. The number of benzene rings is 1. The number of amides is 1. The number of carbonyl (C=O) groups excluding carboxylic acids is 1. The van der Waals surface area contributed by atoms with Gasteiger partial charge in [-0.15, -0.1) is 11.8 Å². The summed E-state index contributed by atoms with van der Waals surface area (Å²) in [5, 5.41) is 9.54. The lowest BCUT2D eigenvalue weighted by atomic mass is 9.74. The number of nitrogens with zero attached hydrogens (tertiary/aromatic N) is 1. The van der Waals surface area contributed by atoms with Crippen LogP contribution in [-0.2, 0) is 9.53 Å². The van der Waals surface area contributed by atoms with Gasteiger partial charge in [-0.25, -0.2) is 4.79 Å². The molecular weight excluding hydrogens is 422 g/mol. The number of carboxylic acid groups (broad SMARTS) is 1. The Hall–Kier alpha value is -2.21. The number of thioether (sulfide) groups is 1. The van der Waals surface area contributed by atoms with E-state index in [0.717, 1.165) is 29.2 Å². The van der Waals surface area contributed by atoms with E-state index < -0.39 is 11.2 Å². The quantitative estimate of drug-likeness (QED) is 0.566. The summed E-state index contributed by atoms with van der Waals surface area (Å²) in [7, 11) is 0. The van der Waals surface area contributed by atoms with Crippen LogP contribution in [0.4, 0.5) is 4.79 Å². The van der Waals surface area contributed by atoms with Crippen LogP contribution in [0.2, 0.25) is 0 Å². The summed E-state index contributed by atoms with van der Waals surface area (Å²) >= 11 is 1.46. The van der Waals surface area contributed by atoms with Gasteiger partial charge in [-0.2, -0.15) is 0 Å². The minimum Gasteiger partial charge on any atom is -0.480 e. The number of carbonyl (C=O) groups is 2. The molecule has 4 rings (SSSR count). The molecule has 3 aliphatic rings. The van der Waals surface area contributed by atoms with Crippen molar-refractivity contribution in [3.05, 3.63) is 53.1 Å². The number of hydrogen-bond donors (Lipinski definition) is 1. The molecule has 2 aliphatic heterocycles. The average Bonchev–Trinajstić information content (AvgIpc) is 3.26. The normalized spacial score (nSPS) is 28.4. The second-order valence-corrected chi connectivity index (χ2v) is 10.4. The molecule has 1 aromatic rings. The van der Waals surface area contributed by atoms with E-state index >= 15 is 0 Å². The molecule has 172 valence electrons. The zero-order chi connectivity index (χ0) is 22.7. The fourth-order valence-electron chi connectivity index (χ4n) is 5.31. The lowest BCUT2D eigenvalue weighted by molar-refractivity contribution is -0.136. The molecular formula is C26H33NO4S. The van der Waals surface area contributed by atoms with Gasteiger partial charge in [-0.3, -0.25) is 4.79 Å². The van der Waals surface area contributed by atoms with E-state index in [9.17, 15) is 14.7 Å². The second kappa shape index (κ2) is 10.2. The molecule has 0 saturated heterocycles. The number of rotatable bonds is 5. The average molecular weight is 456 g/mol. The predicted octanol–water partition coefficient (Wildman–Crippen LogP) is 5.83. The van der Waals surface area contributed by atoms with Gasteiger partial charge in [-0.05, 0) is 49.2 Å². The molecule has 0 bridgehead atoms. The Balaban J connectivity index is 1.70. The molecule has 2 heterocycles. The standard InChI is InChI=1S/C26H33NO4S/c1-3-31-26(30)27-14-13-20(22(16-27)18-11-9-17(2)10-12-18)21-15-23(32-24(21)25(28)29)19-7-5-4-6-8-19/h4-8,15,17-18,21,24H,3,9-14,16H2,1-2H3,(H,28,29). The van der Waals surface area contributed by atoms with Crippen molar-refractivity contribution in [2.75, 3.05) is 19.7 Å². The molecule has 1 saturated carbocycles. The van der Waals surface area contributed by atoms with Crippen molar-refractivity contribution >= 4 is 28.7 Å². The van der Waals surface area contributed by atoms with Crippen molar-refractivity contribution in [2.24, 2.45) is 17.8 Å². The SMILES string of the molecule is CCOC(=O)N1CCC(C2C=C(c3ccccc3)SC2C(=O)O)=C(C2CCC(C)CC2)C1. The molecule has 1 fully saturated rings. The largest absolute Gasteiger partial charge is 0.480 e. The number of hydrogen-bond acceptors (Lipinski definition) is 4. The van der Waals surface area contributed by atoms with Crippen LogP contribution in [0.5, 0.6) is 0 Å². The summed E-state index contributed by atoms with van der Waals surface area (Å²) in [6.45, 7) is 5.65. The molecule has 0 spiro atoms. The van der Waals surface area contributed by atoms with Crippen LogP contribution < -0.4 is 0 Å². The van der Waals surface area contributed by atoms with Crippen molar-refractivity contribution < 1.29 is 19.4 Å². The van der Waals surface area contributed by atoms with Crippen LogP contribution in [0, 0.1) is 17.8 Å². The third-order valence-corrected chi connectivity index (χ3v) is 8.45. The summed E-state index contributed by atoms with van der Waals surface area (Å²) < 4.78 is 5.28. The highest BCUT2D eigenvalue weighted by Crippen LogP contribution is 2.49. The fourth-order valence-corrected chi connectivity index (χ4v) is 6.57. The van der Waals surface area contributed by atoms with Crippen LogP contribution in [0.3, 0.4) is 0 Å². The molecule has 6 heteroatoms.